The number of nitrogens with zero attached hydrogens (tertiary/aromatic N) is 1. The molecule has 0 aromatic heterocycles. The summed E-state index contributed by atoms with van der Waals surface area (Å²) in [5, 5.41) is 3.42. The lowest BCUT2D eigenvalue weighted by Crippen LogP contribution is -2.00. The van der Waals surface area contributed by atoms with Crippen LogP contribution in [0.15, 0.2) is 137 Å². The number of allylic oxidation sites excluding steroid dienone is 5. The van der Waals surface area contributed by atoms with Crippen LogP contribution < -0.4 is 11.1 Å². The molecular formula is C32H27N3O3S. The second-order valence-corrected chi connectivity index (χ2v) is 10.6. The van der Waals surface area contributed by atoms with Crippen molar-refractivity contribution < 1.29 is 13.0 Å². The molecule has 5 rings (SSSR count). The minimum atomic E-state index is -4.24. The highest BCUT2D eigenvalue weighted by molar-refractivity contribution is 7.85. The Morgan fingerprint density at radius 2 is 1.38 bits per heavy atom. The molecule has 0 amide bonds. The van der Waals surface area contributed by atoms with Gasteiger partial charge in [-0.2, -0.15) is 8.42 Å². The van der Waals surface area contributed by atoms with Crippen molar-refractivity contribution in [1.82, 2.24) is 0 Å². The zero-order chi connectivity index (χ0) is 27.4. The lowest BCUT2D eigenvalue weighted by Gasteiger charge is -2.16. The van der Waals surface area contributed by atoms with Crippen LogP contribution in [0, 0.1) is 6.92 Å². The molecule has 194 valence electrons. The number of rotatable bonds is 6. The van der Waals surface area contributed by atoms with Gasteiger partial charge in [0.05, 0.1) is 16.3 Å². The Morgan fingerprint density at radius 3 is 2.00 bits per heavy atom. The summed E-state index contributed by atoms with van der Waals surface area (Å²) in [6, 6.07) is 30.2. The van der Waals surface area contributed by atoms with Crippen LogP contribution in [0.1, 0.15) is 16.7 Å². The zero-order valence-electron chi connectivity index (χ0n) is 21.2. The molecule has 39 heavy (non-hydrogen) atoms. The Labute approximate surface area is 228 Å². The maximum atomic E-state index is 11.3. The zero-order valence-corrected chi connectivity index (χ0v) is 22.1. The van der Waals surface area contributed by atoms with Gasteiger partial charge < -0.3 is 11.1 Å². The van der Waals surface area contributed by atoms with Gasteiger partial charge in [0.2, 0.25) is 0 Å². The quantitative estimate of drug-likeness (QED) is 0.179. The number of nitrogens with one attached hydrogen (secondary N) is 1. The largest absolute Gasteiger partial charge is 0.399 e. The van der Waals surface area contributed by atoms with Gasteiger partial charge in [0.15, 0.2) is 0 Å². The molecule has 7 heteroatoms. The molecule has 1 aliphatic carbocycles. The average Bonchev–Trinajstić information content (AvgIpc) is 2.93. The first-order chi connectivity index (χ1) is 18.8. The molecule has 0 bridgehead atoms. The summed E-state index contributed by atoms with van der Waals surface area (Å²) in [6.45, 7) is 2.00. The van der Waals surface area contributed by atoms with Crippen molar-refractivity contribution in [2.45, 2.75) is 11.8 Å². The summed E-state index contributed by atoms with van der Waals surface area (Å²) in [5.41, 5.74) is 15.4. The fourth-order valence-electron chi connectivity index (χ4n) is 4.28. The molecule has 4 aromatic rings. The number of hydrogen-bond acceptors (Lipinski definition) is 5. The van der Waals surface area contributed by atoms with E-state index in [1.54, 1.807) is 12.1 Å². The van der Waals surface area contributed by atoms with E-state index in [-0.39, 0.29) is 4.90 Å². The van der Waals surface area contributed by atoms with E-state index in [1.807, 2.05) is 73.7 Å². The molecule has 6 nitrogen and oxygen atoms in total. The van der Waals surface area contributed by atoms with Crippen molar-refractivity contribution in [3.05, 3.63) is 144 Å². The molecule has 0 fully saturated rings. The first-order valence-corrected chi connectivity index (χ1v) is 13.8. The summed E-state index contributed by atoms with van der Waals surface area (Å²) < 4.78 is 31.8. The van der Waals surface area contributed by atoms with E-state index < -0.39 is 10.1 Å². The molecule has 4 N–H and O–H groups in total. The Hall–Kier alpha value is -4.72. The minimum absolute atomic E-state index is 0.167. The molecule has 0 unspecified atom stereocenters. The number of benzene rings is 4. The normalized spacial score (nSPS) is 12.9. The monoisotopic (exact) mass is 533 g/mol. The summed E-state index contributed by atoms with van der Waals surface area (Å²) >= 11 is 0. The highest BCUT2D eigenvalue weighted by Gasteiger charge is 2.13. The van der Waals surface area contributed by atoms with Crippen molar-refractivity contribution >= 4 is 44.2 Å². The van der Waals surface area contributed by atoms with Gasteiger partial charge in [0.25, 0.3) is 10.1 Å². The van der Waals surface area contributed by atoms with E-state index in [0.29, 0.717) is 11.4 Å². The molecule has 0 heterocycles. The molecular weight excluding hydrogens is 506 g/mol. The standard InChI is InChI=1S/C32H27N3O3S/c1-22-21-25(11-20-31(22)33)32(23-7-12-27(13-8-23)34-26-5-3-2-4-6-26)24-9-14-28(15-10-24)35-29-16-18-30(19-17-29)39(36,37)38/h2-21,34H,33H2,1H3,(H,36,37,38). The third-order valence-corrected chi connectivity index (χ3v) is 7.21. The van der Waals surface area contributed by atoms with Gasteiger partial charge in [-0.15, -0.1) is 0 Å². The van der Waals surface area contributed by atoms with E-state index in [4.69, 9.17) is 5.73 Å². The molecule has 0 spiro atoms. The second-order valence-electron chi connectivity index (χ2n) is 9.14. The molecule has 0 saturated heterocycles. The van der Waals surface area contributed by atoms with Gasteiger partial charge in [-0.05, 0) is 108 Å². The molecule has 0 radical (unpaired) electrons. The van der Waals surface area contributed by atoms with Crippen molar-refractivity contribution in [1.29, 1.82) is 0 Å². The highest BCUT2D eigenvalue weighted by Crippen LogP contribution is 2.32. The van der Waals surface area contributed by atoms with Gasteiger partial charge in [0, 0.05) is 17.1 Å². The Kier molecular flexibility index (Phi) is 7.27. The number of aliphatic imine (C=N–C) groups is 1. The number of anilines is 3. The fraction of sp³-hybridized carbons (Fsp3) is 0.0312. The summed E-state index contributed by atoms with van der Waals surface area (Å²) in [5.74, 6) is 0. The third-order valence-electron chi connectivity index (χ3n) is 6.34. The summed E-state index contributed by atoms with van der Waals surface area (Å²) in [4.78, 5) is 4.41. The maximum Gasteiger partial charge on any atom is 0.294 e. The lowest BCUT2D eigenvalue weighted by atomic mass is 9.90. The minimum Gasteiger partial charge on any atom is -0.399 e. The van der Waals surface area contributed by atoms with E-state index in [1.165, 1.54) is 12.1 Å². The number of nitrogen functional groups attached to an aromatic ring is 1. The predicted molar refractivity (Wildman–Crippen MR) is 159 cm³/mol. The maximum absolute atomic E-state index is 11.3. The second kappa shape index (κ2) is 10.9. The number of nitrogens with two attached hydrogens (primary N) is 1. The van der Waals surface area contributed by atoms with E-state index in [0.717, 1.165) is 44.9 Å². The summed E-state index contributed by atoms with van der Waals surface area (Å²) in [6.07, 6.45) is 7.87. The van der Waals surface area contributed by atoms with Crippen LogP contribution in [0.25, 0.3) is 5.57 Å². The van der Waals surface area contributed by atoms with E-state index in [2.05, 4.69) is 40.6 Å². The van der Waals surface area contributed by atoms with Crippen molar-refractivity contribution in [3.8, 4) is 0 Å². The van der Waals surface area contributed by atoms with Crippen LogP contribution in [-0.4, -0.2) is 18.7 Å². The first kappa shape index (κ1) is 25.9. The SMILES string of the molecule is Cc1cc(C(=C2C=CC(=Nc3ccc(S(=O)(=O)O)cc3)C=C2)c2ccc(Nc3ccccc3)cc2)ccc1N. The van der Waals surface area contributed by atoms with E-state index >= 15 is 0 Å². The predicted octanol–water partition coefficient (Wildman–Crippen LogP) is 7.27. The topological polar surface area (TPSA) is 105 Å². The smallest absolute Gasteiger partial charge is 0.294 e. The lowest BCUT2D eigenvalue weighted by molar-refractivity contribution is 0.483. The first-order valence-electron chi connectivity index (χ1n) is 12.3. The Bertz CT molecular complexity index is 1720. The third kappa shape index (κ3) is 6.23. The molecule has 0 aliphatic heterocycles. The van der Waals surface area contributed by atoms with E-state index in [9.17, 15) is 13.0 Å². The van der Waals surface area contributed by atoms with Crippen LogP contribution >= 0.6 is 0 Å². The van der Waals surface area contributed by atoms with Gasteiger partial charge in [-0.1, -0.05) is 48.6 Å². The number of aryl methyl sites for hydroxylation is 1. The van der Waals surface area contributed by atoms with Gasteiger partial charge in [0.1, 0.15) is 0 Å². The highest BCUT2D eigenvalue weighted by atomic mass is 32.2. The van der Waals surface area contributed by atoms with Crippen molar-refractivity contribution in [2.24, 2.45) is 4.99 Å². The average molecular weight is 534 g/mol. The fourth-order valence-corrected chi connectivity index (χ4v) is 4.76. The van der Waals surface area contributed by atoms with Crippen LogP contribution in [0.2, 0.25) is 0 Å². The van der Waals surface area contributed by atoms with Crippen LogP contribution in [0.3, 0.4) is 0 Å². The molecule has 0 saturated carbocycles. The Morgan fingerprint density at radius 1 is 0.769 bits per heavy atom. The van der Waals surface area contributed by atoms with Gasteiger partial charge in [-0.25, -0.2) is 4.99 Å². The molecule has 4 aromatic carbocycles. The molecule has 1 aliphatic rings. The van der Waals surface area contributed by atoms with Crippen LogP contribution in [0.5, 0.6) is 0 Å². The van der Waals surface area contributed by atoms with Gasteiger partial charge in [-0.3, -0.25) is 4.55 Å². The number of para-hydroxylation sites is 1. The number of hydrogen-bond donors (Lipinski definition) is 3. The van der Waals surface area contributed by atoms with Crippen molar-refractivity contribution in [3.63, 3.8) is 0 Å². The molecule has 0 atom stereocenters. The Balaban J connectivity index is 1.48. The van der Waals surface area contributed by atoms with Gasteiger partial charge >= 0.3 is 0 Å². The van der Waals surface area contributed by atoms with Crippen molar-refractivity contribution in [2.75, 3.05) is 11.1 Å². The van der Waals surface area contributed by atoms with Crippen LogP contribution in [-0.2, 0) is 10.1 Å². The summed E-state index contributed by atoms with van der Waals surface area (Å²) in [7, 11) is -4.24. The van der Waals surface area contributed by atoms with Crippen LogP contribution in [0.4, 0.5) is 22.7 Å².